The molecule has 0 atom stereocenters. The van der Waals surface area contributed by atoms with Gasteiger partial charge in [-0.25, -0.2) is 9.48 Å². The Morgan fingerprint density at radius 2 is 1.67 bits per heavy atom. The Hall–Kier alpha value is -3.91. The highest BCUT2D eigenvalue weighted by Gasteiger charge is 2.05. The fourth-order valence-electron chi connectivity index (χ4n) is 2.67. The summed E-state index contributed by atoms with van der Waals surface area (Å²) in [6.45, 7) is 1.90. The molecule has 30 heavy (non-hydrogen) atoms. The Morgan fingerprint density at radius 3 is 2.33 bits per heavy atom. The molecule has 4 rings (SSSR count). The quantitative estimate of drug-likeness (QED) is 0.422. The lowest BCUT2D eigenvalue weighted by atomic mass is 10.2. The summed E-state index contributed by atoms with van der Waals surface area (Å²) < 4.78 is 1.63. The zero-order valence-electron chi connectivity index (χ0n) is 16.0. The largest absolute Gasteiger partial charge is 0.339 e. The number of rotatable bonds is 5. The van der Waals surface area contributed by atoms with E-state index in [-0.39, 0.29) is 6.03 Å². The Bertz CT molecular complexity index is 1140. The highest BCUT2D eigenvalue weighted by Crippen LogP contribution is 2.21. The van der Waals surface area contributed by atoms with Gasteiger partial charge >= 0.3 is 6.03 Å². The van der Waals surface area contributed by atoms with E-state index in [1.807, 2.05) is 43.3 Å². The van der Waals surface area contributed by atoms with E-state index in [2.05, 4.69) is 31.2 Å². The Labute approximate surface area is 177 Å². The molecule has 0 fully saturated rings. The molecule has 0 aliphatic heterocycles. The zero-order chi connectivity index (χ0) is 20.9. The fourth-order valence-corrected chi connectivity index (χ4v) is 2.85. The van der Waals surface area contributed by atoms with E-state index in [0.717, 1.165) is 11.3 Å². The third-order valence-electron chi connectivity index (χ3n) is 4.23. The number of hydrogen-bond donors (Lipinski definition) is 3. The first kappa shape index (κ1) is 19.4. The van der Waals surface area contributed by atoms with Crippen LogP contribution in [0.2, 0.25) is 5.02 Å². The average molecular weight is 420 g/mol. The SMILES string of the molecule is Cc1ccc(NC(=O)Nc2ccc(Nc3ccc(-n4cccn4)nn3)cc2)cc1Cl. The van der Waals surface area contributed by atoms with E-state index in [0.29, 0.717) is 28.0 Å². The topological polar surface area (TPSA) is 96.8 Å². The van der Waals surface area contributed by atoms with Crippen LogP contribution in [-0.2, 0) is 0 Å². The molecule has 0 radical (unpaired) electrons. The van der Waals surface area contributed by atoms with Crippen LogP contribution in [-0.4, -0.2) is 26.0 Å². The lowest BCUT2D eigenvalue weighted by Crippen LogP contribution is -2.19. The van der Waals surface area contributed by atoms with Gasteiger partial charge in [0.15, 0.2) is 11.6 Å². The van der Waals surface area contributed by atoms with Gasteiger partial charge in [-0.2, -0.15) is 5.10 Å². The van der Waals surface area contributed by atoms with Crippen LogP contribution in [0.3, 0.4) is 0 Å². The lowest BCUT2D eigenvalue weighted by molar-refractivity contribution is 0.262. The third kappa shape index (κ3) is 4.73. The number of aromatic nitrogens is 4. The van der Waals surface area contributed by atoms with Crippen LogP contribution in [0.25, 0.3) is 5.82 Å². The van der Waals surface area contributed by atoms with Crippen LogP contribution in [0.5, 0.6) is 0 Å². The van der Waals surface area contributed by atoms with Gasteiger partial charge in [0.05, 0.1) is 0 Å². The normalized spacial score (nSPS) is 10.5. The molecule has 0 aliphatic rings. The number of halogens is 1. The Balaban J connectivity index is 1.34. The first-order valence-electron chi connectivity index (χ1n) is 9.12. The minimum Gasteiger partial charge on any atom is -0.339 e. The van der Waals surface area contributed by atoms with Crippen molar-refractivity contribution in [2.75, 3.05) is 16.0 Å². The van der Waals surface area contributed by atoms with Gasteiger partial charge in [-0.15, -0.1) is 10.2 Å². The number of carbonyl (C=O) groups excluding carboxylic acids is 1. The molecule has 8 nitrogen and oxygen atoms in total. The summed E-state index contributed by atoms with van der Waals surface area (Å²) in [5.41, 5.74) is 3.04. The summed E-state index contributed by atoms with van der Waals surface area (Å²) in [7, 11) is 0. The molecule has 2 amide bonds. The van der Waals surface area contributed by atoms with Crippen LogP contribution in [0, 0.1) is 6.92 Å². The maximum absolute atomic E-state index is 12.2. The molecule has 150 valence electrons. The molecule has 0 saturated heterocycles. The summed E-state index contributed by atoms with van der Waals surface area (Å²) in [5, 5.41) is 21.7. The molecule has 2 aromatic carbocycles. The van der Waals surface area contributed by atoms with Gasteiger partial charge in [-0.1, -0.05) is 17.7 Å². The summed E-state index contributed by atoms with van der Waals surface area (Å²) in [6, 6.07) is 17.7. The number of aryl methyl sites for hydroxylation is 1. The number of nitrogens with one attached hydrogen (secondary N) is 3. The number of amides is 2. The molecule has 4 aromatic rings. The van der Waals surface area contributed by atoms with Crippen molar-refractivity contribution in [3.8, 4) is 5.82 Å². The molecular weight excluding hydrogens is 402 g/mol. The summed E-state index contributed by atoms with van der Waals surface area (Å²) in [4.78, 5) is 12.2. The molecule has 2 heterocycles. The number of nitrogens with zero attached hydrogens (tertiary/aromatic N) is 4. The molecule has 0 spiro atoms. The van der Waals surface area contributed by atoms with E-state index in [1.165, 1.54) is 0 Å². The molecule has 2 aromatic heterocycles. The first-order valence-corrected chi connectivity index (χ1v) is 9.50. The number of hydrogen-bond acceptors (Lipinski definition) is 5. The Morgan fingerprint density at radius 1 is 0.933 bits per heavy atom. The van der Waals surface area contributed by atoms with Crippen LogP contribution >= 0.6 is 11.6 Å². The molecule has 3 N–H and O–H groups in total. The van der Waals surface area contributed by atoms with Gasteiger partial charge in [-0.3, -0.25) is 0 Å². The van der Waals surface area contributed by atoms with Gasteiger partial charge in [-0.05, 0) is 67.1 Å². The minimum atomic E-state index is -0.351. The second-order valence-electron chi connectivity index (χ2n) is 6.47. The first-order chi connectivity index (χ1) is 14.6. The lowest BCUT2D eigenvalue weighted by Gasteiger charge is -2.10. The maximum atomic E-state index is 12.2. The standard InChI is InChI=1S/C21H18ClN7O/c1-14-3-4-17(13-18(14)22)26-21(30)25-16-7-5-15(6-8-16)24-19-9-10-20(28-27-19)29-12-2-11-23-29/h2-13H,1H3,(H,24,27)(H2,25,26,30). The molecular formula is C21H18ClN7O. The second kappa shape index (κ2) is 8.62. The molecule has 0 aliphatic carbocycles. The fraction of sp³-hybridized carbons (Fsp3) is 0.0476. The smallest absolute Gasteiger partial charge is 0.323 e. The average Bonchev–Trinajstić information content (AvgIpc) is 3.28. The number of benzene rings is 2. The van der Waals surface area contributed by atoms with Crippen molar-refractivity contribution in [3.63, 3.8) is 0 Å². The van der Waals surface area contributed by atoms with Crippen molar-refractivity contribution in [1.29, 1.82) is 0 Å². The molecule has 0 saturated carbocycles. The highest BCUT2D eigenvalue weighted by molar-refractivity contribution is 6.31. The van der Waals surface area contributed by atoms with Gasteiger partial charge in [0, 0.05) is 34.5 Å². The predicted molar refractivity (Wildman–Crippen MR) is 118 cm³/mol. The van der Waals surface area contributed by atoms with Crippen molar-refractivity contribution < 1.29 is 4.79 Å². The predicted octanol–water partition coefficient (Wildman–Crippen LogP) is 5.01. The van der Waals surface area contributed by atoms with E-state index < -0.39 is 0 Å². The van der Waals surface area contributed by atoms with E-state index in [9.17, 15) is 4.79 Å². The Kier molecular flexibility index (Phi) is 5.58. The summed E-state index contributed by atoms with van der Waals surface area (Å²) in [5.74, 6) is 1.23. The summed E-state index contributed by atoms with van der Waals surface area (Å²) >= 11 is 6.08. The van der Waals surface area contributed by atoms with E-state index in [4.69, 9.17) is 11.6 Å². The van der Waals surface area contributed by atoms with Crippen molar-refractivity contribution >= 4 is 40.5 Å². The third-order valence-corrected chi connectivity index (χ3v) is 4.64. The van der Waals surface area contributed by atoms with Crippen molar-refractivity contribution in [2.24, 2.45) is 0 Å². The van der Waals surface area contributed by atoms with Crippen LogP contribution in [0.15, 0.2) is 73.1 Å². The van der Waals surface area contributed by atoms with E-state index in [1.54, 1.807) is 41.3 Å². The van der Waals surface area contributed by atoms with Crippen LogP contribution in [0.4, 0.5) is 27.7 Å². The van der Waals surface area contributed by atoms with Crippen LogP contribution < -0.4 is 16.0 Å². The molecule has 9 heteroatoms. The van der Waals surface area contributed by atoms with Crippen molar-refractivity contribution in [1.82, 2.24) is 20.0 Å². The molecule has 0 unspecified atom stereocenters. The van der Waals surface area contributed by atoms with Gasteiger partial charge < -0.3 is 16.0 Å². The van der Waals surface area contributed by atoms with Crippen LogP contribution in [0.1, 0.15) is 5.56 Å². The molecule has 0 bridgehead atoms. The maximum Gasteiger partial charge on any atom is 0.323 e. The van der Waals surface area contributed by atoms with Gasteiger partial charge in [0.2, 0.25) is 0 Å². The van der Waals surface area contributed by atoms with E-state index >= 15 is 0 Å². The van der Waals surface area contributed by atoms with Gasteiger partial charge in [0.1, 0.15) is 0 Å². The number of carbonyl (C=O) groups is 1. The van der Waals surface area contributed by atoms with Crippen molar-refractivity contribution in [3.05, 3.63) is 83.6 Å². The number of urea groups is 1. The highest BCUT2D eigenvalue weighted by atomic mass is 35.5. The minimum absolute atomic E-state index is 0.351. The second-order valence-corrected chi connectivity index (χ2v) is 6.88. The number of anilines is 4. The summed E-state index contributed by atoms with van der Waals surface area (Å²) in [6.07, 6.45) is 3.48. The monoisotopic (exact) mass is 419 g/mol. The zero-order valence-corrected chi connectivity index (χ0v) is 16.8. The van der Waals surface area contributed by atoms with Crippen molar-refractivity contribution in [2.45, 2.75) is 6.92 Å². The van der Waals surface area contributed by atoms with Gasteiger partial charge in [0.25, 0.3) is 0 Å².